The van der Waals surface area contributed by atoms with Gasteiger partial charge in [-0.25, -0.2) is 9.67 Å². The summed E-state index contributed by atoms with van der Waals surface area (Å²) in [6.07, 6.45) is 1.82. The number of aromatic amines is 1. The zero-order chi connectivity index (χ0) is 36.8. The number of benzene rings is 5. The van der Waals surface area contributed by atoms with E-state index in [0.717, 1.165) is 45.4 Å². The number of carbonyl (C=O) groups is 1. The molecule has 0 radical (unpaired) electrons. The Hall–Kier alpha value is -6.00. The first-order valence-electron chi connectivity index (χ1n) is 17.6. The van der Waals surface area contributed by atoms with Crippen LogP contribution in [-0.4, -0.2) is 40.9 Å². The number of aryl methyl sites for hydroxylation is 1. The molecule has 0 spiro atoms. The largest absolute Gasteiger partial charge is 0.295 e. The number of nitrogens with zero attached hydrogens (tertiary/aromatic N) is 5. The number of amides is 1. The van der Waals surface area contributed by atoms with Gasteiger partial charge in [-0.15, -0.1) is 5.10 Å². The van der Waals surface area contributed by atoms with Crippen molar-refractivity contribution >= 4 is 27.8 Å². The van der Waals surface area contributed by atoms with E-state index >= 15 is 0 Å². The average molecular weight is 765 g/mol. The zero-order valence-corrected chi connectivity index (χ0v) is 31.0. The molecule has 1 atom stereocenters. The lowest BCUT2D eigenvalue weighted by atomic mass is 9.77. The minimum Gasteiger partial charge on any atom is -0.295 e. The van der Waals surface area contributed by atoms with Gasteiger partial charge in [-0.1, -0.05) is 169 Å². The molecule has 7 aromatic rings. The summed E-state index contributed by atoms with van der Waals surface area (Å²) >= 11 is 3.26. The number of aromatic nitrogens is 6. The van der Waals surface area contributed by atoms with E-state index in [1.807, 2.05) is 90.5 Å². The highest BCUT2D eigenvalue weighted by Crippen LogP contribution is 2.43. The van der Waals surface area contributed by atoms with Crippen molar-refractivity contribution in [2.75, 3.05) is 5.32 Å². The fourth-order valence-electron chi connectivity index (χ4n) is 6.87. The van der Waals surface area contributed by atoms with Crippen LogP contribution in [0, 0.1) is 0 Å². The molecule has 2 heterocycles. The molecule has 5 aromatic carbocycles. The van der Waals surface area contributed by atoms with Gasteiger partial charge in [0.2, 0.25) is 11.9 Å². The molecule has 0 saturated heterocycles. The third-order valence-electron chi connectivity index (χ3n) is 9.37. The molecule has 0 aliphatic rings. The second kappa shape index (κ2) is 15.7. The third kappa shape index (κ3) is 7.10. The van der Waals surface area contributed by atoms with Gasteiger partial charge in [0.05, 0.1) is 10.5 Å². The van der Waals surface area contributed by atoms with Crippen molar-refractivity contribution < 1.29 is 4.79 Å². The van der Waals surface area contributed by atoms with Crippen molar-refractivity contribution in [1.29, 1.82) is 0 Å². The predicted octanol–water partition coefficient (Wildman–Crippen LogP) is 8.20. The number of rotatable bonds is 12. The second-order valence-corrected chi connectivity index (χ2v) is 14.2. The second-order valence-electron chi connectivity index (χ2n) is 12.8. The molecular weight excluding hydrogens is 726 g/mol. The maximum atomic E-state index is 13.3. The molecule has 0 aliphatic heterocycles. The van der Waals surface area contributed by atoms with Crippen LogP contribution in [0.25, 0.3) is 22.5 Å². The molecule has 0 saturated carbocycles. The molecule has 53 heavy (non-hydrogen) atoms. The van der Waals surface area contributed by atoms with Crippen LogP contribution in [0.15, 0.2) is 144 Å². The smallest absolute Gasteiger partial charge is 0.256 e. The molecule has 1 amide bonds. The molecule has 0 fully saturated rings. The highest BCUT2D eigenvalue weighted by molar-refractivity contribution is 9.10. The topological polar surface area (TPSA) is 118 Å². The van der Waals surface area contributed by atoms with Gasteiger partial charge in [-0.3, -0.25) is 19.9 Å². The van der Waals surface area contributed by atoms with Crippen LogP contribution in [0.4, 0.5) is 5.95 Å². The van der Waals surface area contributed by atoms with Crippen molar-refractivity contribution in [2.45, 2.75) is 43.5 Å². The number of carbonyl (C=O) groups excluding carboxylic acids is 1. The van der Waals surface area contributed by atoms with Crippen molar-refractivity contribution in [3.8, 4) is 22.5 Å². The molecule has 1 unspecified atom stereocenters. The maximum absolute atomic E-state index is 13.3. The summed E-state index contributed by atoms with van der Waals surface area (Å²) in [5, 5.41) is 16.4. The van der Waals surface area contributed by atoms with Gasteiger partial charge in [0.15, 0.2) is 5.82 Å². The van der Waals surface area contributed by atoms with Crippen molar-refractivity contribution in [2.24, 2.45) is 0 Å². The summed E-state index contributed by atoms with van der Waals surface area (Å²) in [6, 6.07) is 47.4. The fraction of sp³-hybridized carbons (Fsp3) is 0.163. The third-order valence-corrected chi connectivity index (χ3v) is 9.78. The Morgan fingerprint density at radius 2 is 1.34 bits per heavy atom. The van der Waals surface area contributed by atoms with E-state index in [0.29, 0.717) is 29.9 Å². The molecule has 0 bridgehead atoms. The number of H-pyrrole nitrogens is 1. The van der Waals surface area contributed by atoms with Gasteiger partial charge in [-0.2, -0.15) is 0 Å². The lowest BCUT2D eigenvalue weighted by Crippen LogP contribution is -2.39. The van der Waals surface area contributed by atoms with Gasteiger partial charge in [0.25, 0.3) is 5.56 Å². The van der Waals surface area contributed by atoms with Crippen LogP contribution in [0.3, 0.4) is 0 Å². The van der Waals surface area contributed by atoms with E-state index in [1.54, 1.807) is 6.92 Å². The molecule has 0 aliphatic carbocycles. The summed E-state index contributed by atoms with van der Waals surface area (Å²) in [6.45, 7) is 3.75. The monoisotopic (exact) mass is 763 g/mol. The minimum atomic E-state index is -0.887. The number of hydrogen-bond donors (Lipinski definition) is 2. The van der Waals surface area contributed by atoms with Crippen molar-refractivity contribution in [3.63, 3.8) is 0 Å². The highest BCUT2D eigenvalue weighted by Gasteiger charge is 2.42. The fourth-order valence-corrected chi connectivity index (χ4v) is 6.98. The molecule has 7 rings (SSSR count). The van der Waals surface area contributed by atoms with Crippen LogP contribution >= 0.6 is 15.9 Å². The first kappa shape index (κ1) is 35.4. The van der Waals surface area contributed by atoms with Gasteiger partial charge in [0.1, 0.15) is 5.54 Å². The summed E-state index contributed by atoms with van der Waals surface area (Å²) in [4.78, 5) is 32.5. The Kier molecular flexibility index (Phi) is 10.5. The number of nitrogens with one attached hydrogen (secondary N) is 2. The van der Waals surface area contributed by atoms with Crippen LogP contribution in [0.2, 0.25) is 0 Å². The Morgan fingerprint density at radius 1 is 0.792 bits per heavy atom. The average Bonchev–Trinajstić information content (AvgIpc) is 3.68. The number of tetrazole rings is 1. The first-order valence-corrected chi connectivity index (χ1v) is 18.5. The Morgan fingerprint density at radius 3 is 1.89 bits per heavy atom. The lowest BCUT2D eigenvalue weighted by Gasteiger charge is -2.36. The van der Waals surface area contributed by atoms with Gasteiger partial charge < -0.3 is 0 Å². The molecule has 9 nitrogen and oxygen atoms in total. The first-order chi connectivity index (χ1) is 25.9. The van der Waals surface area contributed by atoms with E-state index in [4.69, 9.17) is 5.21 Å². The minimum absolute atomic E-state index is 0.156. The van der Waals surface area contributed by atoms with E-state index < -0.39 is 10.4 Å². The normalized spacial score (nSPS) is 12.0. The summed E-state index contributed by atoms with van der Waals surface area (Å²) in [5.74, 6) is 0.493. The molecule has 2 N–H and O–H groups in total. The summed E-state index contributed by atoms with van der Waals surface area (Å²) in [5.41, 5.74) is 6.95. The van der Waals surface area contributed by atoms with Crippen LogP contribution in [0.1, 0.15) is 53.8 Å². The molecule has 2 aromatic heterocycles. The number of anilines is 1. The molecular formula is C43H38BrN7O2. The SMILES string of the molecule is CCCc1nc(NC(=O)C(C)Br)[nH]c(=O)c1Cc1ccc(-c2ccccc2-c2nnnn2C(c2ccccc2)(c2ccccc2)c2ccccc2)cc1. The highest BCUT2D eigenvalue weighted by atomic mass is 79.9. The summed E-state index contributed by atoms with van der Waals surface area (Å²) < 4.78 is 1.94. The van der Waals surface area contributed by atoms with Crippen molar-refractivity contribution in [3.05, 3.63) is 183 Å². The predicted molar refractivity (Wildman–Crippen MR) is 212 cm³/mol. The quantitative estimate of drug-likeness (QED) is 0.0958. The van der Waals surface area contributed by atoms with E-state index in [2.05, 4.69) is 102 Å². The van der Waals surface area contributed by atoms with Crippen LogP contribution in [-0.2, 0) is 23.2 Å². The van der Waals surface area contributed by atoms with E-state index in [-0.39, 0.29) is 17.4 Å². The number of hydrogen-bond acceptors (Lipinski definition) is 6. The zero-order valence-electron chi connectivity index (χ0n) is 29.4. The van der Waals surface area contributed by atoms with E-state index in [1.165, 1.54) is 0 Å². The molecule has 264 valence electrons. The Balaban J connectivity index is 1.29. The number of alkyl halides is 1. The van der Waals surface area contributed by atoms with Crippen molar-refractivity contribution in [1.82, 2.24) is 30.2 Å². The van der Waals surface area contributed by atoms with Crippen LogP contribution in [0.5, 0.6) is 0 Å². The summed E-state index contributed by atoms with van der Waals surface area (Å²) in [7, 11) is 0. The Bertz CT molecular complexity index is 2280. The van der Waals surface area contributed by atoms with E-state index in [9.17, 15) is 9.59 Å². The number of halogens is 1. The Labute approximate surface area is 316 Å². The van der Waals surface area contributed by atoms with Gasteiger partial charge in [-0.05, 0) is 57.2 Å². The maximum Gasteiger partial charge on any atom is 0.256 e. The van der Waals surface area contributed by atoms with Crippen LogP contribution < -0.4 is 10.9 Å². The molecule has 10 heteroatoms. The standard InChI is InChI=1S/C43H38BrN7O2/c1-3-15-38-37(41(53)47-42(45-38)46-40(52)29(2)44)28-30-24-26-31(27-25-30)35-22-13-14-23-36(35)39-48-49-50-51(39)43(32-16-7-4-8-17-32,33-18-9-5-10-19-33)34-20-11-6-12-21-34/h4-14,16-27,29H,3,15,28H2,1-2H3,(H2,45,46,47,52,53). The lowest BCUT2D eigenvalue weighted by molar-refractivity contribution is -0.115. The van der Waals surface area contributed by atoms with Gasteiger partial charge >= 0.3 is 0 Å². The van der Waals surface area contributed by atoms with Gasteiger partial charge in [0, 0.05) is 17.5 Å².